The van der Waals surface area contributed by atoms with Crippen molar-refractivity contribution in [2.75, 3.05) is 6.54 Å². The number of H-pyrrole nitrogens is 1. The minimum Gasteiger partial charge on any atom is -0.306 e. The van der Waals surface area contributed by atoms with Gasteiger partial charge in [0.2, 0.25) is 0 Å². The topological polar surface area (TPSA) is 61.9 Å². The fraction of sp³-hybridized carbons (Fsp3) is 0.286. The quantitative estimate of drug-likeness (QED) is 0.728. The SMILES string of the molecule is Cc1cccc(CN2CCc3nc(-c4ccc(C(F)(F)F)cc4)[nH]c(=O)c3C2)n1. The Morgan fingerprint density at radius 1 is 1.10 bits per heavy atom. The summed E-state index contributed by atoms with van der Waals surface area (Å²) in [6, 6.07) is 10.5. The number of alkyl halides is 3. The third-order valence-corrected chi connectivity index (χ3v) is 4.96. The Balaban J connectivity index is 1.56. The lowest BCUT2D eigenvalue weighted by atomic mass is 10.1. The molecule has 4 rings (SSSR count). The van der Waals surface area contributed by atoms with Crippen molar-refractivity contribution in [3.8, 4) is 11.4 Å². The summed E-state index contributed by atoms with van der Waals surface area (Å²) in [5.74, 6) is 0.288. The molecule has 0 saturated heterocycles. The van der Waals surface area contributed by atoms with Crippen molar-refractivity contribution < 1.29 is 13.2 Å². The van der Waals surface area contributed by atoms with Gasteiger partial charge < -0.3 is 4.98 Å². The van der Waals surface area contributed by atoms with E-state index in [-0.39, 0.29) is 11.4 Å². The number of nitrogens with zero attached hydrogens (tertiary/aromatic N) is 3. The van der Waals surface area contributed by atoms with E-state index in [1.165, 1.54) is 12.1 Å². The van der Waals surface area contributed by atoms with Crippen LogP contribution in [0.25, 0.3) is 11.4 Å². The molecule has 29 heavy (non-hydrogen) atoms. The van der Waals surface area contributed by atoms with Crippen LogP contribution in [0.3, 0.4) is 0 Å². The zero-order valence-corrected chi connectivity index (χ0v) is 15.8. The summed E-state index contributed by atoms with van der Waals surface area (Å²) < 4.78 is 38.2. The fourth-order valence-corrected chi connectivity index (χ4v) is 3.49. The number of aromatic nitrogens is 3. The zero-order chi connectivity index (χ0) is 20.6. The van der Waals surface area contributed by atoms with Crippen molar-refractivity contribution in [1.29, 1.82) is 0 Å². The maximum atomic E-state index is 12.7. The molecule has 2 aromatic heterocycles. The van der Waals surface area contributed by atoms with Crippen LogP contribution < -0.4 is 5.56 Å². The molecule has 0 saturated carbocycles. The number of rotatable bonds is 3. The Labute approximate surface area is 165 Å². The highest BCUT2D eigenvalue weighted by atomic mass is 19.4. The number of pyridine rings is 1. The van der Waals surface area contributed by atoms with Gasteiger partial charge in [0.15, 0.2) is 0 Å². The van der Waals surface area contributed by atoms with Crippen LogP contribution in [-0.4, -0.2) is 26.4 Å². The highest BCUT2D eigenvalue weighted by molar-refractivity contribution is 5.56. The van der Waals surface area contributed by atoms with Gasteiger partial charge in [-0.15, -0.1) is 0 Å². The normalized spacial score (nSPS) is 14.6. The molecule has 1 aromatic carbocycles. The molecule has 0 bridgehead atoms. The van der Waals surface area contributed by atoms with Gasteiger partial charge in [0, 0.05) is 37.3 Å². The molecule has 0 fully saturated rings. The first kappa shape index (κ1) is 19.3. The second-order valence-corrected chi connectivity index (χ2v) is 7.15. The number of benzene rings is 1. The van der Waals surface area contributed by atoms with Crippen LogP contribution in [0.2, 0.25) is 0 Å². The van der Waals surface area contributed by atoms with E-state index in [9.17, 15) is 18.0 Å². The van der Waals surface area contributed by atoms with Crippen LogP contribution >= 0.6 is 0 Å². The van der Waals surface area contributed by atoms with Crippen LogP contribution in [0.1, 0.15) is 28.2 Å². The van der Waals surface area contributed by atoms with Gasteiger partial charge in [-0.25, -0.2) is 4.98 Å². The number of nitrogens with one attached hydrogen (secondary N) is 1. The third kappa shape index (κ3) is 4.22. The van der Waals surface area contributed by atoms with Crippen LogP contribution in [0.4, 0.5) is 13.2 Å². The number of hydrogen-bond acceptors (Lipinski definition) is 4. The van der Waals surface area contributed by atoms with E-state index in [1.54, 1.807) is 0 Å². The zero-order valence-electron chi connectivity index (χ0n) is 15.8. The lowest BCUT2D eigenvalue weighted by Crippen LogP contribution is -2.35. The van der Waals surface area contributed by atoms with Crippen molar-refractivity contribution in [2.45, 2.75) is 32.6 Å². The molecule has 8 heteroatoms. The first-order valence-corrected chi connectivity index (χ1v) is 9.24. The first-order chi connectivity index (χ1) is 13.8. The van der Waals surface area contributed by atoms with Gasteiger partial charge in [-0.05, 0) is 31.2 Å². The molecule has 1 aliphatic heterocycles. The maximum absolute atomic E-state index is 12.7. The number of hydrogen-bond donors (Lipinski definition) is 1. The van der Waals surface area contributed by atoms with Crippen molar-refractivity contribution in [1.82, 2.24) is 19.9 Å². The Morgan fingerprint density at radius 2 is 1.86 bits per heavy atom. The minimum atomic E-state index is -4.40. The van der Waals surface area contributed by atoms with Gasteiger partial charge in [0.1, 0.15) is 5.82 Å². The predicted molar refractivity (Wildman–Crippen MR) is 102 cm³/mol. The average Bonchev–Trinajstić information content (AvgIpc) is 2.68. The number of aryl methyl sites for hydroxylation is 1. The van der Waals surface area contributed by atoms with E-state index < -0.39 is 11.7 Å². The largest absolute Gasteiger partial charge is 0.416 e. The molecule has 150 valence electrons. The first-order valence-electron chi connectivity index (χ1n) is 9.24. The molecule has 0 aliphatic carbocycles. The number of fused-ring (bicyclic) bond motifs is 1. The summed E-state index contributed by atoms with van der Waals surface area (Å²) in [4.78, 5) is 26.5. The number of halogens is 3. The molecule has 3 heterocycles. The summed E-state index contributed by atoms with van der Waals surface area (Å²) in [6.45, 7) is 3.76. The lowest BCUT2D eigenvalue weighted by Gasteiger charge is -2.27. The molecule has 0 unspecified atom stereocenters. The van der Waals surface area contributed by atoms with E-state index in [1.807, 2.05) is 25.1 Å². The summed E-state index contributed by atoms with van der Waals surface area (Å²) >= 11 is 0. The van der Waals surface area contributed by atoms with E-state index in [0.29, 0.717) is 36.3 Å². The summed E-state index contributed by atoms with van der Waals surface area (Å²) in [6.07, 6.45) is -3.80. The minimum absolute atomic E-state index is 0.258. The Hall–Kier alpha value is -3.00. The Morgan fingerprint density at radius 3 is 2.55 bits per heavy atom. The van der Waals surface area contributed by atoms with Crippen LogP contribution in [0.5, 0.6) is 0 Å². The molecule has 1 aliphatic rings. The Kier molecular flexibility index (Phi) is 4.96. The molecule has 1 N–H and O–H groups in total. The van der Waals surface area contributed by atoms with E-state index in [4.69, 9.17) is 0 Å². The molecular formula is C21H19F3N4O. The van der Waals surface area contributed by atoms with Crippen molar-refractivity contribution in [3.63, 3.8) is 0 Å². The van der Waals surface area contributed by atoms with Crippen molar-refractivity contribution in [2.24, 2.45) is 0 Å². The van der Waals surface area contributed by atoms with Gasteiger partial charge in [0.05, 0.1) is 22.5 Å². The van der Waals surface area contributed by atoms with E-state index in [0.717, 1.165) is 30.1 Å². The summed E-state index contributed by atoms with van der Waals surface area (Å²) in [7, 11) is 0. The lowest BCUT2D eigenvalue weighted by molar-refractivity contribution is -0.137. The molecular weight excluding hydrogens is 381 g/mol. The Bertz CT molecular complexity index is 1090. The summed E-state index contributed by atoms with van der Waals surface area (Å²) in [5.41, 5.74) is 2.63. The van der Waals surface area contributed by atoms with Gasteiger partial charge in [-0.2, -0.15) is 13.2 Å². The van der Waals surface area contributed by atoms with E-state index >= 15 is 0 Å². The molecule has 5 nitrogen and oxygen atoms in total. The summed E-state index contributed by atoms with van der Waals surface area (Å²) in [5, 5.41) is 0. The third-order valence-electron chi connectivity index (χ3n) is 4.96. The standard InChI is InChI=1S/C21H19F3N4O/c1-13-3-2-4-16(25-13)11-28-10-9-18-17(12-28)20(29)27-19(26-18)14-5-7-15(8-6-14)21(22,23)24/h2-8H,9-12H2,1H3,(H,26,27,29). The maximum Gasteiger partial charge on any atom is 0.416 e. The van der Waals surface area contributed by atoms with Crippen LogP contribution in [0.15, 0.2) is 47.3 Å². The van der Waals surface area contributed by atoms with Crippen LogP contribution in [0, 0.1) is 6.92 Å². The van der Waals surface area contributed by atoms with Crippen molar-refractivity contribution >= 4 is 0 Å². The van der Waals surface area contributed by atoms with Gasteiger partial charge in [0.25, 0.3) is 5.56 Å². The highest BCUT2D eigenvalue weighted by Crippen LogP contribution is 2.30. The molecule has 3 aromatic rings. The molecule has 0 amide bonds. The van der Waals surface area contributed by atoms with Gasteiger partial charge in [-0.1, -0.05) is 18.2 Å². The molecule has 0 atom stereocenters. The smallest absolute Gasteiger partial charge is 0.306 e. The second-order valence-electron chi connectivity index (χ2n) is 7.15. The van der Waals surface area contributed by atoms with Gasteiger partial charge >= 0.3 is 6.18 Å². The molecule has 0 spiro atoms. The van der Waals surface area contributed by atoms with Gasteiger partial charge in [-0.3, -0.25) is 14.7 Å². The van der Waals surface area contributed by atoms with Crippen molar-refractivity contribution in [3.05, 3.63) is 81.0 Å². The predicted octanol–water partition coefficient (Wildman–Crippen LogP) is 3.72. The molecule has 0 radical (unpaired) electrons. The number of aromatic amines is 1. The highest BCUT2D eigenvalue weighted by Gasteiger charge is 2.30. The average molecular weight is 400 g/mol. The fourth-order valence-electron chi connectivity index (χ4n) is 3.49. The van der Waals surface area contributed by atoms with Crippen LogP contribution in [-0.2, 0) is 25.7 Å². The van der Waals surface area contributed by atoms with E-state index in [2.05, 4.69) is 19.9 Å². The second kappa shape index (κ2) is 7.44. The monoisotopic (exact) mass is 400 g/mol.